The fourth-order valence-electron chi connectivity index (χ4n) is 3.40. The summed E-state index contributed by atoms with van der Waals surface area (Å²) in [5, 5.41) is 11.5. The second-order valence-corrected chi connectivity index (χ2v) is 8.34. The van der Waals surface area contributed by atoms with E-state index in [0.29, 0.717) is 11.8 Å². The lowest BCUT2D eigenvalue weighted by Crippen LogP contribution is -2.40. The van der Waals surface area contributed by atoms with Gasteiger partial charge in [-0.3, -0.25) is 0 Å². The lowest BCUT2D eigenvalue weighted by atomic mass is 9.99. The molecule has 1 aliphatic heterocycles. The molecule has 8 nitrogen and oxygen atoms in total. The van der Waals surface area contributed by atoms with E-state index in [4.69, 9.17) is 0 Å². The van der Waals surface area contributed by atoms with E-state index in [-0.39, 0.29) is 18.4 Å². The summed E-state index contributed by atoms with van der Waals surface area (Å²) in [6.07, 6.45) is 4.70. The SMILES string of the molecule is Cc1nnnn1CCCN1C[C@H](NS(C)(=O)=O)[C@@H](C2CC2)C1.Cl. The molecule has 2 fully saturated rings. The Balaban J connectivity index is 0.00000192. The number of aromatic nitrogens is 4. The van der Waals surface area contributed by atoms with Gasteiger partial charge in [-0.15, -0.1) is 17.5 Å². The number of hydrogen-bond acceptors (Lipinski definition) is 6. The number of nitrogens with zero attached hydrogens (tertiary/aromatic N) is 5. The van der Waals surface area contributed by atoms with Crippen LogP contribution in [0, 0.1) is 18.8 Å². The van der Waals surface area contributed by atoms with Crippen molar-refractivity contribution in [2.75, 3.05) is 25.9 Å². The van der Waals surface area contributed by atoms with Crippen LogP contribution in [0.2, 0.25) is 0 Å². The van der Waals surface area contributed by atoms with Crippen LogP contribution in [0.4, 0.5) is 0 Å². The van der Waals surface area contributed by atoms with Crippen molar-refractivity contribution in [3.63, 3.8) is 0 Å². The molecule has 0 aromatic carbocycles. The molecule has 2 heterocycles. The monoisotopic (exact) mass is 364 g/mol. The lowest BCUT2D eigenvalue weighted by Gasteiger charge is -2.17. The van der Waals surface area contributed by atoms with E-state index >= 15 is 0 Å². The highest BCUT2D eigenvalue weighted by Gasteiger charge is 2.43. The Morgan fingerprint density at radius 2 is 2.00 bits per heavy atom. The van der Waals surface area contributed by atoms with Crippen molar-refractivity contribution in [1.82, 2.24) is 29.8 Å². The third-order valence-corrected chi connectivity index (χ3v) is 5.32. The van der Waals surface area contributed by atoms with Crippen LogP contribution < -0.4 is 4.72 Å². The Morgan fingerprint density at radius 3 is 2.57 bits per heavy atom. The quantitative estimate of drug-likeness (QED) is 0.735. The number of hydrogen-bond donors (Lipinski definition) is 1. The van der Waals surface area contributed by atoms with Gasteiger partial charge in [-0.2, -0.15) is 0 Å². The van der Waals surface area contributed by atoms with Gasteiger partial charge in [-0.05, 0) is 55.0 Å². The van der Waals surface area contributed by atoms with Crippen LogP contribution in [0.5, 0.6) is 0 Å². The topological polar surface area (TPSA) is 93.0 Å². The summed E-state index contributed by atoms with van der Waals surface area (Å²) >= 11 is 0. The highest BCUT2D eigenvalue weighted by molar-refractivity contribution is 7.88. The molecule has 132 valence electrons. The van der Waals surface area contributed by atoms with Gasteiger partial charge in [0.2, 0.25) is 10.0 Å². The molecule has 23 heavy (non-hydrogen) atoms. The average Bonchev–Trinajstić information content (AvgIpc) is 3.07. The molecule has 1 saturated heterocycles. The summed E-state index contributed by atoms with van der Waals surface area (Å²) in [6, 6.07) is 0.0669. The molecule has 10 heteroatoms. The Labute approximate surface area is 143 Å². The van der Waals surface area contributed by atoms with Gasteiger partial charge in [0.25, 0.3) is 0 Å². The molecule has 2 aliphatic rings. The van der Waals surface area contributed by atoms with E-state index in [2.05, 4.69) is 25.1 Å². The number of sulfonamides is 1. The van der Waals surface area contributed by atoms with Gasteiger partial charge < -0.3 is 4.90 Å². The van der Waals surface area contributed by atoms with Crippen molar-refractivity contribution in [1.29, 1.82) is 0 Å². The summed E-state index contributed by atoms with van der Waals surface area (Å²) in [5.41, 5.74) is 0. The summed E-state index contributed by atoms with van der Waals surface area (Å²) in [5.74, 6) is 1.99. The molecule has 0 radical (unpaired) electrons. The zero-order chi connectivity index (χ0) is 15.7. The van der Waals surface area contributed by atoms with Crippen LogP contribution in [-0.4, -0.2) is 65.5 Å². The third kappa shape index (κ3) is 5.10. The van der Waals surface area contributed by atoms with Crippen molar-refractivity contribution < 1.29 is 8.42 Å². The van der Waals surface area contributed by atoms with E-state index in [1.165, 1.54) is 19.1 Å². The number of likely N-dealkylation sites (tertiary alicyclic amines) is 1. The molecule has 0 spiro atoms. The standard InChI is InChI=1S/C13H24N6O2S.ClH/c1-10-14-16-17-19(10)7-3-6-18-8-12(11-4-5-11)13(9-18)15-22(2,20)21;/h11-13,15H,3-9H2,1-2H3;1H/t12-,13+;/m1./s1. The molecule has 1 saturated carbocycles. The van der Waals surface area contributed by atoms with Gasteiger partial charge in [-0.1, -0.05) is 0 Å². The first-order valence-corrected chi connectivity index (χ1v) is 9.74. The van der Waals surface area contributed by atoms with Crippen molar-refractivity contribution in [2.45, 2.75) is 38.8 Å². The first-order valence-electron chi connectivity index (χ1n) is 7.85. The molecule has 0 bridgehead atoms. The predicted octanol–water partition coefficient (Wildman–Crippen LogP) is 0.0530. The number of rotatable bonds is 7. The molecular weight excluding hydrogens is 340 g/mol. The van der Waals surface area contributed by atoms with E-state index < -0.39 is 10.0 Å². The van der Waals surface area contributed by atoms with Crippen molar-refractivity contribution in [3.8, 4) is 0 Å². The molecule has 1 aromatic rings. The minimum Gasteiger partial charge on any atom is -0.301 e. The average molecular weight is 365 g/mol. The van der Waals surface area contributed by atoms with Crippen molar-refractivity contribution >= 4 is 22.4 Å². The third-order valence-electron chi connectivity index (χ3n) is 4.59. The molecule has 1 aromatic heterocycles. The van der Waals surface area contributed by atoms with Gasteiger partial charge in [0, 0.05) is 25.7 Å². The Kier molecular flexibility index (Phi) is 5.99. The second kappa shape index (κ2) is 7.42. The predicted molar refractivity (Wildman–Crippen MR) is 88.8 cm³/mol. The Morgan fingerprint density at radius 1 is 1.26 bits per heavy atom. The fraction of sp³-hybridized carbons (Fsp3) is 0.923. The number of aryl methyl sites for hydroxylation is 2. The van der Waals surface area contributed by atoms with Crippen LogP contribution in [0.3, 0.4) is 0 Å². The zero-order valence-corrected chi connectivity index (χ0v) is 15.2. The normalized spacial score (nSPS) is 25.5. The van der Waals surface area contributed by atoms with E-state index in [1.54, 1.807) is 4.68 Å². The first-order chi connectivity index (χ1) is 10.4. The minimum absolute atomic E-state index is 0. The number of halogens is 1. The second-order valence-electron chi connectivity index (χ2n) is 6.56. The minimum atomic E-state index is -3.14. The smallest absolute Gasteiger partial charge is 0.209 e. The maximum atomic E-state index is 11.5. The molecule has 0 unspecified atom stereocenters. The highest BCUT2D eigenvalue weighted by atomic mass is 35.5. The molecule has 3 rings (SSSR count). The molecule has 1 N–H and O–H groups in total. The van der Waals surface area contributed by atoms with Crippen LogP contribution in [-0.2, 0) is 16.6 Å². The van der Waals surface area contributed by atoms with Crippen LogP contribution in [0.1, 0.15) is 25.1 Å². The highest BCUT2D eigenvalue weighted by Crippen LogP contribution is 2.41. The Bertz CT molecular complexity index is 618. The van der Waals surface area contributed by atoms with Gasteiger partial charge in [0.05, 0.1) is 6.26 Å². The van der Waals surface area contributed by atoms with Gasteiger partial charge >= 0.3 is 0 Å². The fourth-order valence-corrected chi connectivity index (χ4v) is 4.20. The van der Waals surface area contributed by atoms with Crippen molar-refractivity contribution in [3.05, 3.63) is 5.82 Å². The van der Waals surface area contributed by atoms with E-state index in [0.717, 1.165) is 38.4 Å². The summed E-state index contributed by atoms with van der Waals surface area (Å²) in [7, 11) is -3.14. The van der Waals surface area contributed by atoms with Crippen LogP contribution in [0.15, 0.2) is 0 Å². The molecular formula is C13H25ClN6O2S. The van der Waals surface area contributed by atoms with Gasteiger partial charge in [0.15, 0.2) is 0 Å². The number of tetrazole rings is 1. The summed E-state index contributed by atoms with van der Waals surface area (Å²) in [6.45, 7) is 5.44. The molecule has 1 aliphatic carbocycles. The zero-order valence-electron chi connectivity index (χ0n) is 13.6. The van der Waals surface area contributed by atoms with Gasteiger partial charge in [-0.25, -0.2) is 17.8 Å². The van der Waals surface area contributed by atoms with E-state index in [1.807, 2.05) is 6.92 Å². The lowest BCUT2D eigenvalue weighted by molar-refractivity contribution is 0.302. The first kappa shape index (κ1) is 18.6. The van der Waals surface area contributed by atoms with Crippen LogP contribution in [0.25, 0.3) is 0 Å². The van der Waals surface area contributed by atoms with E-state index in [9.17, 15) is 8.42 Å². The maximum absolute atomic E-state index is 11.5. The Hall–Kier alpha value is -0.770. The maximum Gasteiger partial charge on any atom is 0.209 e. The molecule has 2 atom stereocenters. The summed E-state index contributed by atoms with van der Waals surface area (Å²) < 4.78 is 27.7. The summed E-state index contributed by atoms with van der Waals surface area (Å²) in [4.78, 5) is 2.37. The largest absolute Gasteiger partial charge is 0.301 e. The number of nitrogens with one attached hydrogen (secondary N) is 1. The molecule has 0 amide bonds. The van der Waals surface area contributed by atoms with Gasteiger partial charge in [0.1, 0.15) is 5.82 Å². The van der Waals surface area contributed by atoms with Crippen molar-refractivity contribution in [2.24, 2.45) is 11.8 Å². The van der Waals surface area contributed by atoms with Crippen LogP contribution >= 0.6 is 12.4 Å².